The Kier molecular flexibility index (Phi) is 5.56. The van der Waals surface area contributed by atoms with Gasteiger partial charge in [0.25, 0.3) is 0 Å². The van der Waals surface area contributed by atoms with E-state index in [2.05, 4.69) is 34.6 Å². The minimum atomic E-state index is -0.0501. The molecule has 1 aromatic carbocycles. The SMILES string of the molecule is CCc1ccccc1CNC(=O)C(C)N1CCNCC1. The Morgan fingerprint density at radius 1 is 1.30 bits per heavy atom. The number of rotatable bonds is 5. The fourth-order valence-corrected chi connectivity index (χ4v) is 2.64. The predicted molar refractivity (Wildman–Crippen MR) is 81.6 cm³/mol. The second kappa shape index (κ2) is 7.41. The summed E-state index contributed by atoms with van der Waals surface area (Å²) in [6.45, 7) is 8.59. The first-order valence-electron chi connectivity index (χ1n) is 7.51. The average molecular weight is 275 g/mol. The number of carbonyl (C=O) groups is 1. The summed E-state index contributed by atoms with van der Waals surface area (Å²) in [5.74, 6) is 0.123. The zero-order valence-electron chi connectivity index (χ0n) is 12.5. The third-order valence-electron chi connectivity index (χ3n) is 4.03. The van der Waals surface area contributed by atoms with Gasteiger partial charge in [0.2, 0.25) is 5.91 Å². The van der Waals surface area contributed by atoms with Gasteiger partial charge in [-0.05, 0) is 24.5 Å². The van der Waals surface area contributed by atoms with Crippen molar-refractivity contribution in [3.8, 4) is 0 Å². The second-order valence-corrected chi connectivity index (χ2v) is 5.30. The Morgan fingerprint density at radius 3 is 2.60 bits per heavy atom. The van der Waals surface area contributed by atoms with E-state index in [4.69, 9.17) is 0 Å². The van der Waals surface area contributed by atoms with Gasteiger partial charge in [0, 0.05) is 32.7 Å². The van der Waals surface area contributed by atoms with Gasteiger partial charge in [-0.2, -0.15) is 0 Å². The van der Waals surface area contributed by atoms with Crippen LogP contribution in [0.15, 0.2) is 24.3 Å². The smallest absolute Gasteiger partial charge is 0.237 e. The number of hydrogen-bond acceptors (Lipinski definition) is 3. The van der Waals surface area contributed by atoms with Crippen molar-refractivity contribution >= 4 is 5.91 Å². The van der Waals surface area contributed by atoms with Crippen LogP contribution in [0.25, 0.3) is 0 Å². The minimum Gasteiger partial charge on any atom is -0.351 e. The third-order valence-corrected chi connectivity index (χ3v) is 4.03. The van der Waals surface area contributed by atoms with Crippen LogP contribution in [0.1, 0.15) is 25.0 Å². The van der Waals surface area contributed by atoms with E-state index in [1.54, 1.807) is 0 Å². The Labute approximate surface area is 121 Å². The van der Waals surface area contributed by atoms with Crippen molar-refractivity contribution in [2.75, 3.05) is 26.2 Å². The van der Waals surface area contributed by atoms with E-state index >= 15 is 0 Å². The molecule has 0 saturated carbocycles. The summed E-state index contributed by atoms with van der Waals surface area (Å²) in [4.78, 5) is 14.5. The third kappa shape index (κ3) is 3.81. The van der Waals surface area contributed by atoms with Gasteiger partial charge in [0.15, 0.2) is 0 Å². The zero-order valence-corrected chi connectivity index (χ0v) is 12.5. The van der Waals surface area contributed by atoms with Crippen molar-refractivity contribution in [3.05, 3.63) is 35.4 Å². The van der Waals surface area contributed by atoms with Gasteiger partial charge in [-0.3, -0.25) is 9.69 Å². The van der Waals surface area contributed by atoms with Gasteiger partial charge in [-0.15, -0.1) is 0 Å². The van der Waals surface area contributed by atoms with E-state index in [1.165, 1.54) is 11.1 Å². The summed E-state index contributed by atoms with van der Waals surface area (Å²) in [6, 6.07) is 8.25. The van der Waals surface area contributed by atoms with Crippen molar-refractivity contribution < 1.29 is 4.79 Å². The van der Waals surface area contributed by atoms with Crippen LogP contribution in [0.3, 0.4) is 0 Å². The lowest BCUT2D eigenvalue weighted by Crippen LogP contribution is -2.52. The van der Waals surface area contributed by atoms with Crippen LogP contribution >= 0.6 is 0 Å². The van der Waals surface area contributed by atoms with E-state index in [9.17, 15) is 4.79 Å². The van der Waals surface area contributed by atoms with Gasteiger partial charge in [0.1, 0.15) is 0 Å². The maximum Gasteiger partial charge on any atom is 0.237 e. The molecule has 0 bridgehead atoms. The summed E-state index contributed by atoms with van der Waals surface area (Å²) in [5, 5.41) is 6.38. The topological polar surface area (TPSA) is 44.4 Å². The van der Waals surface area contributed by atoms with E-state index in [1.807, 2.05) is 19.1 Å². The summed E-state index contributed by atoms with van der Waals surface area (Å²) in [5.41, 5.74) is 2.53. The highest BCUT2D eigenvalue weighted by Gasteiger charge is 2.22. The van der Waals surface area contributed by atoms with Crippen LogP contribution in [0, 0.1) is 0 Å². The number of piperazine rings is 1. The summed E-state index contributed by atoms with van der Waals surface area (Å²) >= 11 is 0. The van der Waals surface area contributed by atoms with Crippen LogP contribution in [0.4, 0.5) is 0 Å². The molecular formula is C16H25N3O. The lowest BCUT2D eigenvalue weighted by molar-refractivity contribution is -0.126. The standard InChI is InChI=1S/C16H25N3O/c1-3-14-6-4-5-7-15(14)12-18-16(20)13(2)19-10-8-17-9-11-19/h4-7,13,17H,3,8-12H2,1-2H3,(H,18,20). The highest BCUT2D eigenvalue weighted by atomic mass is 16.2. The number of nitrogens with one attached hydrogen (secondary N) is 2. The molecule has 1 unspecified atom stereocenters. The fourth-order valence-electron chi connectivity index (χ4n) is 2.64. The van der Waals surface area contributed by atoms with Gasteiger partial charge >= 0.3 is 0 Å². The molecule has 1 amide bonds. The minimum absolute atomic E-state index is 0.0501. The maximum absolute atomic E-state index is 12.2. The predicted octanol–water partition coefficient (Wildman–Crippen LogP) is 1.16. The number of nitrogens with zero attached hydrogens (tertiary/aromatic N) is 1. The van der Waals surface area contributed by atoms with Crippen molar-refractivity contribution in [1.29, 1.82) is 0 Å². The van der Waals surface area contributed by atoms with Crippen LogP contribution in [-0.4, -0.2) is 43.0 Å². The number of amides is 1. The van der Waals surface area contributed by atoms with Crippen LogP contribution in [0.5, 0.6) is 0 Å². The Morgan fingerprint density at radius 2 is 1.95 bits per heavy atom. The van der Waals surface area contributed by atoms with Crippen LogP contribution in [0.2, 0.25) is 0 Å². The highest BCUT2D eigenvalue weighted by Crippen LogP contribution is 2.09. The largest absolute Gasteiger partial charge is 0.351 e. The van der Waals surface area contributed by atoms with Gasteiger partial charge in [-0.1, -0.05) is 31.2 Å². The fraction of sp³-hybridized carbons (Fsp3) is 0.562. The molecule has 1 aliphatic heterocycles. The number of hydrogen-bond donors (Lipinski definition) is 2. The second-order valence-electron chi connectivity index (χ2n) is 5.30. The zero-order chi connectivity index (χ0) is 14.4. The molecule has 2 rings (SSSR count). The molecule has 0 radical (unpaired) electrons. The molecule has 2 N–H and O–H groups in total. The number of aryl methyl sites for hydroxylation is 1. The lowest BCUT2D eigenvalue weighted by atomic mass is 10.1. The van der Waals surface area contributed by atoms with Crippen molar-refractivity contribution in [1.82, 2.24) is 15.5 Å². The maximum atomic E-state index is 12.2. The first-order valence-corrected chi connectivity index (χ1v) is 7.51. The van der Waals surface area contributed by atoms with E-state index in [0.29, 0.717) is 6.54 Å². The van der Waals surface area contributed by atoms with Gasteiger partial charge in [0.05, 0.1) is 6.04 Å². The monoisotopic (exact) mass is 275 g/mol. The molecule has 0 aromatic heterocycles. The normalized spacial score (nSPS) is 17.7. The first-order chi connectivity index (χ1) is 9.72. The van der Waals surface area contributed by atoms with Crippen LogP contribution < -0.4 is 10.6 Å². The van der Waals surface area contributed by atoms with E-state index in [-0.39, 0.29) is 11.9 Å². The highest BCUT2D eigenvalue weighted by molar-refractivity contribution is 5.81. The summed E-state index contributed by atoms with van der Waals surface area (Å²) in [7, 11) is 0. The van der Waals surface area contributed by atoms with E-state index < -0.39 is 0 Å². The molecule has 1 fully saturated rings. The van der Waals surface area contributed by atoms with Crippen molar-refractivity contribution in [3.63, 3.8) is 0 Å². The lowest BCUT2D eigenvalue weighted by Gasteiger charge is -2.31. The van der Waals surface area contributed by atoms with Crippen molar-refractivity contribution in [2.24, 2.45) is 0 Å². The summed E-state index contributed by atoms with van der Waals surface area (Å²) in [6.07, 6.45) is 0.999. The molecule has 20 heavy (non-hydrogen) atoms. The molecule has 1 aromatic rings. The first kappa shape index (κ1) is 15.0. The number of carbonyl (C=O) groups excluding carboxylic acids is 1. The molecule has 1 atom stereocenters. The Bertz CT molecular complexity index is 441. The average Bonchev–Trinajstić information content (AvgIpc) is 2.53. The number of benzene rings is 1. The Balaban J connectivity index is 1.87. The molecule has 1 heterocycles. The molecule has 110 valence electrons. The van der Waals surface area contributed by atoms with E-state index in [0.717, 1.165) is 32.6 Å². The van der Waals surface area contributed by atoms with Gasteiger partial charge in [-0.25, -0.2) is 0 Å². The quantitative estimate of drug-likeness (QED) is 0.847. The molecule has 4 heteroatoms. The van der Waals surface area contributed by atoms with Crippen LogP contribution in [-0.2, 0) is 17.8 Å². The molecule has 4 nitrogen and oxygen atoms in total. The Hall–Kier alpha value is -1.39. The van der Waals surface area contributed by atoms with Gasteiger partial charge < -0.3 is 10.6 Å². The molecule has 0 spiro atoms. The summed E-state index contributed by atoms with van der Waals surface area (Å²) < 4.78 is 0. The molecule has 1 saturated heterocycles. The molecule has 1 aliphatic rings. The molecule has 0 aliphatic carbocycles. The van der Waals surface area contributed by atoms with Crippen molar-refractivity contribution in [2.45, 2.75) is 32.9 Å². The molecular weight excluding hydrogens is 250 g/mol.